The molecule has 1 saturated heterocycles. The molecule has 1 aromatic heterocycles. The van der Waals surface area contributed by atoms with Gasteiger partial charge in [-0.1, -0.05) is 0 Å². The van der Waals surface area contributed by atoms with E-state index in [1.165, 1.54) is 37.1 Å². The lowest BCUT2D eigenvalue weighted by Crippen LogP contribution is -2.56. The first-order chi connectivity index (χ1) is 9.67. The number of fused-ring (bicyclic) bond motifs is 1. The normalized spacial score (nSPS) is 27.4. The molecule has 5 heteroatoms. The van der Waals surface area contributed by atoms with Crippen LogP contribution >= 0.6 is 0 Å². The van der Waals surface area contributed by atoms with Gasteiger partial charge in [0.05, 0.1) is 12.0 Å². The van der Waals surface area contributed by atoms with Crippen LogP contribution in [0.4, 0.5) is 4.79 Å². The van der Waals surface area contributed by atoms with Gasteiger partial charge < -0.3 is 14.6 Å². The standard InChI is InChI=1S/C15H21N3O2/c19-14(20)18-8-15(9-18)5-4-11(7-15)13-12-3-1-2-6-17(12)10-16-13/h10-11H,1-9H2,(H,19,20). The third-order valence-corrected chi connectivity index (χ3v) is 5.45. The molecule has 3 aliphatic rings. The highest BCUT2D eigenvalue weighted by molar-refractivity contribution is 5.66. The number of aromatic nitrogens is 2. The predicted octanol–water partition coefficient (Wildman–Crippen LogP) is 2.47. The van der Waals surface area contributed by atoms with Crippen LogP contribution in [0.3, 0.4) is 0 Å². The van der Waals surface area contributed by atoms with Crippen molar-refractivity contribution >= 4 is 6.09 Å². The van der Waals surface area contributed by atoms with Crippen molar-refractivity contribution in [3.05, 3.63) is 17.7 Å². The highest BCUT2D eigenvalue weighted by Gasteiger charge is 2.50. The number of carbonyl (C=O) groups is 1. The van der Waals surface area contributed by atoms with Gasteiger partial charge in [-0.25, -0.2) is 9.78 Å². The minimum atomic E-state index is -0.765. The average molecular weight is 275 g/mol. The fourth-order valence-corrected chi connectivity index (χ4v) is 4.43. The monoisotopic (exact) mass is 275 g/mol. The van der Waals surface area contributed by atoms with Gasteiger partial charge in [-0.2, -0.15) is 0 Å². The number of amides is 1. The molecule has 0 radical (unpaired) electrons. The zero-order valence-corrected chi connectivity index (χ0v) is 11.7. The summed E-state index contributed by atoms with van der Waals surface area (Å²) in [6.45, 7) is 2.58. The second-order valence-corrected chi connectivity index (χ2v) is 6.81. The summed E-state index contributed by atoms with van der Waals surface area (Å²) in [5.74, 6) is 0.556. The Labute approximate surface area is 118 Å². The Morgan fingerprint density at radius 2 is 2.25 bits per heavy atom. The van der Waals surface area contributed by atoms with Crippen molar-refractivity contribution in [2.75, 3.05) is 13.1 Å². The van der Waals surface area contributed by atoms with Crippen LogP contribution in [0.2, 0.25) is 0 Å². The van der Waals surface area contributed by atoms with E-state index in [-0.39, 0.29) is 5.41 Å². The number of hydrogen-bond donors (Lipinski definition) is 1. The lowest BCUT2D eigenvalue weighted by Gasteiger charge is -2.46. The van der Waals surface area contributed by atoms with Gasteiger partial charge in [-0.3, -0.25) is 0 Å². The van der Waals surface area contributed by atoms with Crippen LogP contribution < -0.4 is 0 Å². The van der Waals surface area contributed by atoms with E-state index in [2.05, 4.69) is 4.57 Å². The molecule has 1 atom stereocenters. The fraction of sp³-hybridized carbons (Fsp3) is 0.733. The first-order valence-corrected chi connectivity index (χ1v) is 7.69. The molecule has 1 spiro atoms. The van der Waals surface area contributed by atoms with E-state index < -0.39 is 6.09 Å². The van der Waals surface area contributed by atoms with Crippen molar-refractivity contribution in [3.63, 3.8) is 0 Å². The second-order valence-electron chi connectivity index (χ2n) is 6.81. The third-order valence-electron chi connectivity index (χ3n) is 5.45. The Balaban J connectivity index is 1.49. The molecule has 1 N–H and O–H groups in total. The summed E-state index contributed by atoms with van der Waals surface area (Å²) in [7, 11) is 0. The number of aryl methyl sites for hydroxylation is 1. The number of imidazole rings is 1. The summed E-state index contributed by atoms with van der Waals surface area (Å²) in [4.78, 5) is 17.2. The zero-order valence-electron chi connectivity index (χ0n) is 11.7. The summed E-state index contributed by atoms with van der Waals surface area (Å²) in [6, 6.07) is 0. The molecule has 0 bridgehead atoms. The predicted molar refractivity (Wildman–Crippen MR) is 73.8 cm³/mol. The zero-order chi connectivity index (χ0) is 13.7. The van der Waals surface area contributed by atoms with Crippen molar-refractivity contribution in [2.24, 2.45) is 5.41 Å². The molecule has 0 aromatic carbocycles. The summed E-state index contributed by atoms with van der Waals surface area (Å²) in [5.41, 5.74) is 3.02. The number of hydrogen-bond acceptors (Lipinski definition) is 2. The van der Waals surface area contributed by atoms with Gasteiger partial charge in [-0.05, 0) is 38.5 Å². The molecule has 20 heavy (non-hydrogen) atoms. The second kappa shape index (κ2) is 4.24. The van der Waals surface area contributed by atoms with Gasteiger partial charge in [-0.15, -0.1) is 0 Å². The van der Waals surface area contributed by atoms with Crippen LogP contribution in [-0.2, 0) is 13.0 Å². The van der Waals surface area contributed by atoms with Crippen LogP contribution in [0.1, 0.15) is 49.4 Å². The topological polar surface area (TPSA) is 58.4 Å². The van der Waals surface area contributed by atoms with Gasteiger partial charge >= 0.3 is 6.09 Å². The lowest BCUT2D eigenvalue weighted by molar-refractivity contribution is 0.0140. The van der Waals surface area contributed by atoms with Crippen molar-refractivity contribution < 1.29 is 9.90 Å². The number of nitrogens with zero attached hydrogens (tertiary/aromatic N) is 3. The molecule has 1 saturated carbocycles. The number of carboxylic acid groups (broad SMARTS) is 1. The molecular weight excluding hydrogens is 254 g/mol. The summed E-state index contributed by atoms with van der Waals surface area (Å²) >= 11 is 0. The van der Waals surface area contributed by atoms with Crippen molar-refractivity contribution in [1.29, 1.82) is 0 Å². The quantitative estimate of drug-likeness (QED) is 0.856. The molecule has 3 heterocycles. The van der Waals surface area contributed by atoms with E-state index in [9.17, 15) is 4.79 Å². The Bertz CT molecular complexity index is 545. The Hall–Kier alpha value is -1.52. The van der Waals surface area contributed by atoms with Crippen molar-refractivity contribution in [3.8, 4) is 0 Å². The van der Waals surface area contributed by atoms with Crippen molar-refractivity contribution in [1.82, 2.24) is 14.5 Å². The van der Waals surface area contributed by atoms with Gasteiger partial charge in [0.1, 0.15) is 0 Å². The van der Waals surface area contributed by atoms with Crippen LogP contribution in [0.5, 0.6) is 0 Å². The van der Waals surface area contributed by atoms with E-state index in [1.54, 1.807) is 4.90 Å². The molecule has 1 aliphatic carbocycles. The maximum Gasteiger partial charge on any atom is 0.407 e. The van der Waals surface area contributed by atoms with E-state index in [1.807, 2.05) is 6.33 Å². The summed E-state index contributed by atoms with van der Waals surface area (Å²) in [5, 5.41) is 9.00. The average Bonchev–Trinajstić information content (AvgIpc) is 3.00. The highest BCUT2D eigenvalue weighted by atomic mass is 16.4. The van der Waals surface area contributed by atoms with Crippen molar-refractivity contribution in [2.45, 2.75) is 51.0 Å². The van der Waals surface area contributed by atoms with E-state index in [0.717, 1.165) is 32.5 Å². The molecule has 2 aliphatic heterocycles. The smallest absolute Gasteiger partial charge is 0.407 e. The van der Waals surface area contributed by atoms with E-state index in [0.29, 0.717) is 5.92 Å². The Morgan fingerprint density at radius 3 is 3.05 bits per heavy atom. The number of rotatable bonds is 1. The minimum Gasteiger partial charge on any atom is -0.465 e. The van der Waals surface area contributed by atoms with Crippen LogP contribution in [0.15, 0.2) is 6.33 Å². The minimum absolute atomic E-state index is 0.258. The Morgan fingerprint density at radius 1 is 1.40 bits per heavy atom. The summed E-state index contributed by atoms with van der Waals surface area (Å²) in [6.07, 6.45) is 8.43. The molecule has 4 rings (SSSR count). The van der Waals surface area contributed by atoms with Crippen LogP contribution in [0.25, 0.3) is 0 Å². The maximum atomic E-state index is 10.9. The molecule has 5 nitrogen and oxygen atoms in total. The van der Waals surface area contributed by atoms with Gasteiger partial charge in [0.25, 0.3) is 0 Å². The molecular formula is C15H21N3O2. The largest absolute Gasteiger partial charge is 0.465 e. The first kappa shape index (κ1) is 12.2. The number of likely N-dealkylation sites (tertiary alicyclic amines) is 1. The first-order valence-electron chi connectivity index (χ1n) is 7.69. The molecule has 2 fully saturated rings. The molecule has 1 unspecified atom stereocenters. The lowest BCUT2D eigenvalue weighted by atomic mass is 9.77. The summed E-state index contributed by atoms with van der Waals surface area (Å²) < 4.78 is 2.33. The van der Waals surface area contributed by atoms with Crippen LogP contribution in [-0.4, -0.2) is 38.7 Å². The van der Waals surface area contributed by atoms with E-state index in [4.69, 9.17) is 10.1 Å². The molecule has 1 aromatic rings. The maximum absolute atomic E-state index is 10.9. The molecule has 1 amide bonds. The van der Waals surface area contributed by atoms with Crippen LogP contribution in [0, 0.1) is 5.41 Å². The van der Waals surface area contributed by atoms with E-state index >= 15 is 0 Å². The molecule has 108 valence electrons. The van der Waals surface area contributed by atoms with Gasteiger partial charge in [0.2, 0.25) is 0 Å². The third kappa shape index (κ3) is 1.75. The van der Waals surface area contributed by atoms with Gasteiger partial charge in [0.15, 0.2) is 0 Å². The Kier molecular flexibility index (Phi) is 2.59. The van der Waals surface area contributed by atoms with Gasteiger partial charge in [0, 0.05) is 36.7 Å². The highest BCUT2D eigenvalue weighted by Crippen LogP contribution is 2.52. The SMILES string of the molecule is O=C(O)N1CC2(CCC(c3ncn4c3CCCC4)C2)C1. The fourth-order valence-electron chi connectivity index (χ4n) is 4.43.